The highest BCUT2D eigenvalue weighted by Gasteiger charge is 2.30. The van der Waals surface area contributed by atoms with E-state index in [4.69, 9.17) is 0 Å². The number of hydrogen-bond acceptors (Lipinski definition) is 1. The molecule has 0 saturated heterocycles. The zero-order chi connectivity index (χ0) is 16.3. The minimum Gasteiger partial charge on any atom is -0.303 e. The Kier molecular flexibility index (Phi) is 5.66. The SMILES string of the molecule is CC(CC(C)(C)C)CC(C)(C)NC(C)(C)c1ccccc1. The molecule has 0 radical (unpaired) electrons. The van der Waals surface area contributed by atoms with Crippen LogP contribution >= 0.6 is 0 Å². The van der Waals surface area contributed by atoms with Crippen molar-refractivity contribution in [3.05, 3.63) is 35.9 Å². The van der Waals surface area contributed by atoms with Gasteiger partial charge in [0.25, 0.3) is 0 Å². The summed E-state index contributed by atoms with van der Waals surface area (Å²) in [5, 5.41) is 3.87. The van der Waals surface area contributed by atoms with Gasteiger partial charge in [0.1, 0.15) is 0 Å². The van der Waals surface area contributed by atoms with Gasteiger partial charge in [-0.25, -0.2) is 0 Å². The van der Waals surface area contributed by atoms with E-state index in [0.29, 0.717) is 5.41 Å². The van der Waals surface area contributed by atoms with Gasteiger partial charge in [-0.05, 0) is 57.4 Å². The summed E-state index contributed by atoms with van der Waals surface area (Å²) in [6, 6.07) is 10.7. The summed E-state index contributed by atoms with van der Waals surface area (Å²) in [7, 11) is 0. The molecule has 1 unspecified atom stereocenters. The van der Waals surface area contributed by atoms with Gasteiger partial charge in [-0.3, -0.25) is 0 Å². The summed E-state index contributed by atoms with van der Waals surface area (Å²) in [6.07, 6.45) is 2.46. The van der Waals surface area contributed by atoms with Crippen LogP contribution in [0.2, 0.25) is 0 Å². The molecule has 1 nitrogen and oxygen atoms in total. The van der Waals surface area contributed by atoms with Crippen molar-refractivity contribution in [2.75, 3.05) is 0 Å². The maximum absolute atomic E-state index is 3.87. The Morgan fingerprint density at radius 3 is 1.86 bits per heavy atom. The topological polar surface area (TPSA) is 12.0 Å². The molecule has 0 spiro atoms. The summed E-state index contributed by atoms with van der Waals surface area (Å²) < 4.78 is 0. The first kappa shape index (κ1) is 18.2. The molecular formula is C20H35N. The lowest BCUT2D eigenvalue weighted by Gasteiger charge is -2.40. The van der Waals surface area contributed by atoms with E-state index in [9.17, 15) is 0 Å². The molecule has 1 rings (SSSR count). The van der Waals surface area contributed by atoms with E-state index in [0.717, 1.165) is 5.92 Å². The summed E-state index contributed by atoms with van der Waals surface area (Å²) in [5.74, 6) is 0.721. The normalized spacial score (nSPS) is 15.0. The first-order valence-corrected chi connectivity index (χ1v) is 8.26. The Morgan fingerprint density at radius 1 is 0.857 bits per heavy atom. The van der Waals surface area contributed by atoms with Crippen molar-refractivity contribution < 1.29 is 0 Å². The molecule has 0 bridgehead atoms. The fourth-order valence-corrected chi connectivity index (χ4v) is 3.81. The van der Waals surface area contributed by atoms with Crippen molar-refractivity contribution in [2.24, 2.45) is 11.3 Å². The quantitative estimate of drug-likeness (QED) is 0.703. The third-order valence-electron chi connectivity index (χ3n) is 3.97. The van der Waals surface area contributed by atoms with Crippen molar-refractivity contribution in [1.82, 2.24) is 5.32 Å². The molecule has 0 fully saturated rings. The maximum atomic E-state index is 3.87. The van der Waals surface area contributed by atoms with E-state index in [2.05, 4.69) is 91.0 Å². The minimum atomic E-state index is -0.00773. The molecule has 0 saturated carbocycles. The van der Waals surface area contributed by atoms with E-state index in [1.807, 2.05) is 0 Å². The number of rotatable bonds is 6. The van der Waals surface area contributed by atoms with Gasteiger partial charge in [0.2, 0.25) is 0 Å². The van der Waals surface area contributed by atoms with Crippen molar-refractivity contribution in [3.8, 4) is 0 Å². The van der Waals surface area contributed by atoms with Crippen molar-refractivity contribution >= 4 is 0 Å². The number of nitrogens with one attached hydrogen (secondary N) is 1. The van der Waals surface area contributed by atoms with Crippen molar-refractivity contribution in [3.63, 3.8) is 0 Å². The zero-order valence-electron chi connectivity index (χ0n) is 15.4. The second-order valence-corrected chi connectivity index (χ2v) is 9.07. The van der Waals surface area contributed by atoms with Crippen LogP contribution in [-0.2, 0) is 5.54 Å². The lowest BCUT2D eigenvalue weighted by atomic mass is 9.79. The Labute approximate surface area is 132 Å². The average molecular weight is 290 g/mol. The van der Waals surface area contributed by atoms with Crippen LogP contribution in [0.15, 0.2) is 30.3 Å². The van der Waals surface area contributed by atoms with E-state index in [-0.39, 0.29) is 11.1 Å². The van der Waals surface area contributed by atoms with Crippen molar-refractivity contribution in [2.45, 2.75) is 79.3 Å². The Hall–Kier alpha value is -0.820. The summed E-state index contributed by atoms with van der Waals surface area (Å²) in [5.41, 5.74) is 1.88. The van der Waals surface area contributed by atoms with Crippen LogP contribution < -0.4 is 5.32 Å². The summed E-state index contributed by atoms with van der Waals surface area (Å²) >= 11 is 0. The molecule has 1 atom stereocenters. The molecule has 0 aliphatic heterocycles. The third kappa shape index (κ3) is 6.65. The lowest BCUT2D eigenvalue weighted by molar-refractivity contribution is 0.199. The van der Waals surface area contributed by atoms with Crippen LogP contribution in [0.1, 0.15) is 73.8 Å². The van der Waals surface area contributed by atoms with Crippen LogP contribution in [0.3, 0.4) is 0 Å². The largest absolute Gasteiger partial charge is 0.303 e. The van der Waals surface area contributed by atoms with Gasteiger partial charge < -0.3 is 5.32 Å². The molecule has 0 amide bonds. The van der Waals surface area contributed by atoms with Crippen LogP contribution in [-0.4, -0.2) is 5.54 Å². The minimum absolute atomic E-state index is 0.00773. The van der Waals surface area contributed by atoms with E-state index < -0.39 is 0 Å². The molecule has 1 aromatic carbocycles. The van der Waals surface area contributed by atoms with Gasteiger partial charge in [0, 0.05) is 11.1 Å². The molecule has 0 heterocycles. The zero-order valence-corrected chi connectivity index (χ0v) is 15.4. The highest BCUT2D eigenvalue weighted by Crippen LogP contribution is 2.31. The second kappa shape index (κ2) is 6.52. The molecular weight excluding hydrogens is 254 g/mol. The molecule has 1 aromatic rings. The highest BCUT2D eigenvalue weighted by atomic mass is 15.0. The predicted octanol–water partition coefficient (Wildman–Crippen LogP) is 5.75. The highest BCUT2D eigenvalue weighted by molar-refractivity contribution is 5.23. The Bertz CT molecular complexity index is 423. The monoisotopic (exact) mass is 289 g/mol. The van der Waals surface area contributed by atoms with Gasteiger partial charge in [-0.1, -0.05) is 58.0 Å². The first-order valence-electron chi connectivity index (χ1n) is 8.26. The molecule has 120 valence electrons. The van der Waals surface area contributed by atoms with Crippen LogP contribution in [0.25, 0.3) is 0 Å². The van der Waals surface area contributed by atoms with Crippen LogP contribution in [0.4, 0.5) is 0 Å². The predicted molar refractivity (Wildman–Crippen MR) is 94.5 cm³/mol. The van der Waals surface area contributed by atoms with Gasteiger partial charge in [-0.15, -0.1) is 0 Å². The molecule has 0 aromatic heterocycles. The van der Waals surface area contributed by atoms with Gasteiger partial charge in [-0.2, -0.15) is 0 Å². The smallest absolute Gasteiger partial charge is 0.0381 e. The Morgan fingerprint density at radius 2 is 1.38 bits per heavy atom. The fraction of sp³-hybridized carbons (Fsp3) is 0.700. The number of benzene rings is 1. The molecule has 1 heteroatoms. The fourth-order valence-electron chi connectivity index (χ4n) is 3.81. The second-order valence-electron chi connectivity index (χ2n) is 9.07. The summed E-state index contributed by atoms with van der Waals surface area (Å²) in [6.45, 7) is 18.6. The van der Waals surface area contributed by atoms with Crippen LogP contribution in [0.5, 0.6) is 0 Å². The third-order valence-corrected chi connectivity index (χ3v) is 3.97. The lowest BCUT2D eigenvalue weighted by Crippen LogP contribution is -2.51. The Balaban J connectivity index is 2.71. The maximum Gasteiger partial charge on any atom is 0.0381 e. The number of hydrogen-bond donors (Lipinski definition) is 1. The van der Waals surface area contributed by atoms with E-state index in [1.54, 1.807) is 0 Å². The van der Waals surface area contributed by atoms with Gasteiger partial charge in [0.05, 0.1) is 0 Å². The average Bonchev–Trinajstić information content (AvgIpc) is 2.24. The van der Waals surface area contributed by atoms with E-state index in [1.165, 1.54) is 18.4 Å². The molecule has 0 aliphatic carbocycles. The molecule has 1 N–H and O–H groups in total. The van der Waals surface area contributed by atoms with Gasteiger partial charge in [0.15, 0.2) is 0 Å². The standard InChI is InChI=1S/C20H35N/c1-16(14-18(2,3)4)15-19(5,6)21-20(7,8)17-12-10-9-11-13-17/h9-13,16,21H,14-15H2,1-8H3. The van der Waals surface area contributed by atoms with E-state index >= 15 is 0 Å². The van der Waals surface area contributed by atoms with Crippen LogP contribution in [0, 0.1) is 11.3 Å². The summed E-state index contributed by atoms with van der Waals surface area (Å²) in [4.78, 5) is 0. The van der Waals surface area contributed by atoms with Crippen molar-refractivity contribution in [1.29, 1.82) is 0 Å². The molecule has 0 aliphatic rings. The first-order chi connectivity index (χ1) is 9.41. The van der Waals surface area contributed by atoms with Gasteiger partial charge >= 0.3 is 0 Å². The molecule has 21 heavy (non-hydrogen) atoms.